The zero-order chi connectivity index (χ0) is 11.8. The summed E-state index contributed by atoms with van der Waals surface area (Å²) in [5, 5.41) is 11.1. The van der Waals surface area contributed by atoms with E-state index in [4.69, 9.17) is 10.9 Å². The van der Waals surface area contributed by atoms with Crippen molar-refractivity contribution in [2.45, 2.75) is 32.4 Å². The number of carbonyl (C=O) groups is 2. The van der Waals surface area contributed by atoms with Crippen molar-refractivity contribution >= 4 is 12.2 Å². The third kappa shape index (κ3) is 4.37. The summed E-state index contributed by atoms with van der Waals surface area (Å²) >= 11 is 0. The molecule has 0 fully saturated rings. The van der Waals surface area contributed by atoms with Crippen LogP contribution in [0.15, 0.2) is 0 Å². The first kappa shape index (κ1) is 14.0. The van der Waals surface area contributed by atoms with Crippen LogP contribution in [0.2, 0.25) is 0 Å². The van der Waals surface area contributed by atoms with Gasteiger partial charge in [0.05, 0.1) is 6.61 Å². The summed E-state index contributed by atoms with van der Waals surface area (Å²) in [6.45, 7) is 3.40. The summed E-state index contributed by atoms with van der Waals surface area (Å²) < 4.78 is 0. The fraction of sp³-hybridized carbons (Fsp3) is 0.778. The molecule has 15 heavy (non-hydrogen) atoms. The van der Waals surface area contributed by atoms with Gasteiger partial charge in [-0.15, -0.1) is 0 Å². The van der Waals surface area contributed by atoms with Gasteiger partial charge in [0.25, 0.3) is 0 Å². The number of aliphatic hydroxyl groups excluding tert-OH is 1. The fourth-order valence-corrected chi connectivity index (χ4v) is 1.13. The second-order valence-electron chi connectivity index (χ2n) is 3.46. The Morgan fingerprint density at radius 1 is 1.60 bits per heavy atom. The lowest BCUT2D eigenvalue weighted by atomic mass is 9.99. The number of aldehydes is 1. The van der Waals surface area contributed by atoms with Crippen LogP contribution in [0.1, 0.15) is 20.3 Å². The van der Waals surface area contributed by atoms with Crippen molar-refractivity contribution < 1.29 is 14.7 Å². The molecule has 0 aliphatic carbocycles. The van der Waals surface area contributed by atoms with Crippen LogP contribution in [-0.2, 0) is 9.59 Å². The Morgan fingerprint density at radius 2 is 2.20 bits per heavy atom. The van der Waals surface area contributed by atoms with Gasteiger partial charge in [0.1, 0.15) is 18.4 Å². The first-order chi connectivity index (χ1) is 7.10. The molecule has 0 radical (unpaired) electrons. The third-order valence-corrected chi connectivity index (χ3v) is 2.36. The second kappa shape index (κ2) is 7.33. The molecule has 6 heteroatoms. The molecular formula is C9H19N3O3. The van der Waals surface area contributed by atoms with E-state index in [-0.39, 0.29) is 11.8 Å². The third-order valence-electron chi connectivity index (χ3n) is 2.36. The van der Waals surface area contributed by atoms with Gasteiger partial charge < -0.3 is 15.2 Å². The summed E-state index contributed by atoms with van der Waals surface area (Å²) in [6, 6.07) is -1.42. The fourth-order valence-electron chi connectivity index (χ4n) is 1.13. The Morgan fingerprint density at radius 3 is 2.53 bits per heavy atom. The molecule has 1 amide bonds. The van der Waals surface area contributed by atoms with Crippen LogP contribution in [0, 0.1) is 5.92 Å². The van der Waals surface area contributed by atoms with Crippen LogP contribution in [0.25, 0.3) is 0 Å². The van der Waals surface area contributed by atoms with Gasteiger partial charge in [-0.3, -0.25) is 10.6 Å². The van der Waals surface area contributed by atoms with E-state index in [1.165, 1.54) is 0 Å². The molecule has 0 saturated heterocycles. The molecule has 0 spiro atoms. The van der Waals surface area contributed by atoms with Crippen molar-refractivity contribution in [3.05, 3.63) is 0 Å². The maximum atomic E-state index is 11.6. The van der Waals surface area contributed by atoms with Crippen LogP contribution in [-0.4, -0.2) is 36.0 Å². The molecular weight excluding hydrogens is 198 g/mol. The number of rotatable bonds is 7. The summed E-state index contributed by atoms with van der Waals surface area (Å²) in [5.41, 5.74) is 2.40. The van der Waals surface area contributed by atoms with Crippen molar-refractivity contribution in [3.8, 4) is 0 Å². The van der Waals surface area contributed by atoms with Crippen molar-refractivity contribution in [1.82, 2.24) is 10.7 Å². The molecule has 5 N–H and O–H groups in total. The quantitative estimate of drug-likeness (QED) is 0.237. The van der Waals surface area contributed by atoms with E-state index in [1.807, 2.05) is 13.8 Å². The topological polar surface area (TPSA) is 104 Å². The molecule has 0 aliphatic heterocycles. The van der Waals surface area contributed by atoms with Crippen molar-refractivity contribution in [2.75, 3.05) is 6.61 Å². The van der Waals surface area contributed by atoms with Gasteiger partial charge in [0.15, 0.2) is 0 Å². The standard InChI is InChI=1S/C9H19N3O3/c1-3-6(2)8(12-10)9(15)11-7(4-13)5-14/h4,6-8,12,14H,3,5,10H2,1-2H3,(H,11,15)/t6-,7+,8?/m0/s1. The highest BCUT2D eigenvalue weighted by molar-refractivity contribution is 5.84. The number of nitrogens with one attached hydrogen (secondary N) is 2. The number of amides is 1. The van der Waals surface area contributed by atoms with Gasteiger partial charge in [-0.2, -0.15) is 0 Å². The Bertz CT molecular complexity index is 211. The van der Waals surface area contributed by atoms with Crippen molar-refractivity contribution in [2.24, 2.45) is 11.8 Å². The van der Waals surface area contributed by atoms with E-state index in [9.17, 15) is 9.59 Å². The Balaban J connectivity index is 4.32. The minimum absolute atomic E-state index is 0.0565. The normalized spacial score (nSPS) is 16.5. The summed E-state index contributed by atoms with van der Waals surface area (Å²) in [5.74, 6) is 4.93. The summed E-state index contributed by atoms with van der Waals surface area (Å²) in [7, 11) is 0. The molecule has 1 unspecified atom stereocenters. The van der Waals surface area contributed by atoms with E-state index in [1.54, 1.807) is 0 Å². The van der Waals surface area contributed by atoms with E-state index >= 15 is 0 Å². The Kier molecular flexibility index (Phi) is 6.85. The largest absolute Gasteiger partial charge is 0.394 e. The number of hydrogen-bond acceptors (Lipinski definition) is 5. The minimum Gasteiger partial charge on any atom is -0.394 e. The number of hydrazine groups is 1. The summed E-state index contributed by atoms with van der Waals surface area (Å²) in [6.07, 6.45) is 1.27. The van der Waals surface area contributed by atoms with Crippen molar-refractivity contribution in [3.63, 3.8) is 0 Å². The molecule has 6 nitrogen and oxygen atoms in total. The van der Waals surface area contributed by atoms with Gasteiger partial charge in [0, 0.05) is 0 Å². The predicted octanol–water partition coefficient (Wildman–Crippen LogP) is -1.46. The van der Waals surface area contributed by atoms with Crippen LogP contribution in [0.5, 0.6) is 0 Å². The first-order valence-electron chi connectivity index (χ1n) is 4.93. The smallest absolute Gasteiger partial charge is 0.239 e. The highest BCUT2D eigenvalue weighted by Crippen LogP contribution is 2.06. The lowest BCUT2D eigenvalue weighted by Gasteiger charge is -2.22. The number of nitrogens with two attached hydrogens (primary N) is 1. The van der Waals surface area contributed by atoms with Gasteiger partial charge in [-0.1, -0.05) is 20.3 Å². The molecule has 0 heterocycles. The highest BCUT2D eigenvalue weighted by Gasteiger charge is 2.24. The molecule has 0 rings (SSSR count). The number of aliphatic hydroxyl groups is 1. The maximum absolute atomic E-state index is 11.6. The molecule has 88 valence electrons. The Hall–Kier alpha value is -0.980. The van der Waals surface area contributed by atoms with Gasteiger partial charge in [-0.05, 0) is 5.92 Å². The first-order valence-corrected chi connectivity index (χ1v) is 4.93. The second-order valence-corrected chi connectivity index (χ2v) is 3.46. The average molecular weight is 217 g/mol. The van der Waals surface area contributed by atoms with Crippen LogP contribution in [0.4, 0.5) is 0 Å². The Labute approximate surface area is 89.2 Å². The van der Waals surface area contributed by atoms with Crippen LogP contribution in [0.3, 0.4) is 0 Å². The number of carbonyl (C=O) groups excluding carboxylic acids is 2. The van der Waals surface area contributed by atoms with E-state index in [0.717, 1.165) is 6.42 Å². The predicted molar refractivity (Wildman–Crippen MR) is 55.6 cm³/mol. The van der Waals surface area contributed by atoms with Crippen LogP contribution >= 0.6 is 0 Å². The molecule has 0 aromatic carbocycles. The summed E-state index contributed by atoms with van der Waals surface area (Å²) in [4.78, 5) is 22.0. The highest BCUT2D eigenvalue weighted by atomic mass is 16.3. The molecule has 0 aromatic heterocycles. The molecule has 0 bridgehead atoms. The van der Waals surface area contributed by atoms with E-state index in [2.05, 4.69) is 10.7 Å². The number of hydrogen-bond donors (Lipinski definition) is 4. The molecule has 0 aromatic rings. The molecule has 0 saturated carbocycles. The van der Waals surface area contributed by atoms with E-state index < -0.39 is 18.7 Å². The van der Waals surface area contributed by atoms with Crippen LogP contribution < -0.4 is 16.6 Å². The zero-order valence-electron chi connectivity index (χ0n) is 9.06. The van der Waals surface area contributed by atoms with Gasteiger partial charge in [0.2, 0.25) is 5.91 Å². The van der Waals surface area contributed by atoms with Crippen molar-refractivity contribution in [1.29, 1.82) is 0 Å². The minimum atomic E-state index is -0.864. The molecule has 0 aliphatic rings. The average Bonchev–Trinajstić information content (AvgIpc) is 2.26. The van der Waals surface area contributed by atoms with E-state index in [0.29, 0.717) is 6.29 Å². The lowest BCUT2D eigenvalue weighted by molar-refractivity contribution is -0.127. The van der Waals surface area contributed by atoms with Gasteiger partial charge in [-0.25, -0.2) is 5.43 Å². The monoisotopic (exact) mass is 217 g/mol. The lowest BCUT2D eigenvalue weighted by Crippen LogP contribution is -2.54. The van der Waals surface area contributed by atoms with Gasteiger partial charge >= 0.3 is 0 Å². The molecule has 3 atom stereocenters. The maximum Gasteiger partial charge on any atom is 0.239 e. The SMILES string of the molecule is CC[C@H](C)C(NN)C(=O)N[C@H](C=O)CO. The zero-order valence-corrected chi connectivity index (χ0v) is 9.06.